The van der Waals surface area contributed by atoms with Crippen LogP contribution >= 0.6 is 15.9 Å². The first-order valence-electron chi connectivity index (χ1n) is 5.71. The minimum absolute atomic E-state index is 0.133. The van der Waals surface area contributed by atoms with Gasteiger partial charge in [0, 0.05) is 23.1 Å². The molecule has 1 aliphatic rings. The van der Waals surface area contributed by atoms with E-state index in [1.807, 2.05) is 36.2 Å². The number of carbonyl (C=O) groups is 1. The minimum Gasteiger partial charge on any atom is -0.339 e. The molecule has 16 heavy (non-hydrogen) atoms. The Morgan fingerprint density at radius 3 is 2.69 bits per heavy atom. The fraction of sp³-hybridized carbons (Fsp3) is 0.462. The number of nitrogens with zero attached hydrogens (tertiary/aromatic N) is 1. The van der Waals surface area contributed by atoms with Gasteiger partial charge in [-0.2, -0.15) is 0 Å². The van der Waals surface area contributed by atoms with E-state index in [9.17, 15) is 4.79 Å². The average molecular weight is 282 g/mol. The summed E-state index contributed by atoms with van der Waals surface area (Å²) >= 11 is 3.39. The Hall–Kier alpha value is -0.830. The zero-order valence-electron chi connectivity index (χ0n) is 9.45. The van der Waals surface area contributed by atoms with Crippen LogP contribution in [0.15, 0.2) is 28.7 Å². The molecular formula is C13H16BrNO. The molecule has 0 radical (unpaired) electrons. The SMILES string of the molecule is CN(C(=O)c1cccc(Br)c1)C1CCCC1. The summed E-state index contributed by atoms with van der Waals surface area (Å²) in [5, 5.41) is 0. The lowest BCUT2D eigenvalue weighted by atomic mass is 10.1. The Morgan fingerprint density at radius 1 is 1.38 bits per heavy atom. The number of benzene rings is 1. The number of amides is 1. The Bertz CT molecular complexity index is 385. The highest BCUT2D eigenvalue weighted by atomic mass is 79.9. The van der Waals surface area contributed by atoms with Crippen molar-refractivity contribution in [2.24, 2.45) is 0 Å². The highest BCUT2D eigenvalue weighted by Gasteiger charge is 2.24. The van der Waals surface area contributed by atoms with E-state index >= 15 is 0 Å². The molecule has 86 valence electrons. The molecule has 1 amide bonds. The maximum Gasteiger partial charge on any atom is 0.253 e. The first-order valence-corrected chi connectivity index (χ1v) is 6.50. The molecule has 2 rings (SSSR count). The van der Waals surface area contributed by atoms with Gasteiger partial charge in [0.2, 0.25) is 0 Å². The molecule has 2 nitrogen and oxygen atoms in total. The van der Waals surface area contributed by atoms with Crippen molar-refractivity contribution in [3.63, 3.8) is 0 Å². The molecule has 1 saturated carbocycles. The van der Waals surface area contributed by atoms with E-state index in [4.69, 9.17) is 0 Å². The summed E-state index contributed by atoms with van der Waals surface area (Å²) in [5.41, 5.74) is 0.767. The number of hydrogen-bond donors (Lipinski definition) is 0. The monoisotopic (exact) mass is 281 g/mol. The van der Waals surface area contributed by atoms with Crippen LogP contribution in [0.1, 0.15) is 36.0 Å². The van der Waals surface area contributed by atoms with Gasteiger partial charge in [0.15, 0.2) is 0 Å². The summed E-state index contributed by atoms with van der Waals surface area (Å²) in [4.78, 5) is 14.1. The van der Waals surface area contributed by atoms with E-state index in [1.165, 1.54) is 12.8 Å². The Kier molecular flexibility index (Phi) is 3.64. The maximum absolute atomic E-state index is 12.2. The topological polar surface area (TPSA) is 20.3 Å². The molecule has 0 aliphatic heterocycles. The van der Waals surface area contributed by atoms with E-state index in [-0.39, 0.29) is 5.91 Å². The summed E-state index contributed by atoms with van der Waals surface area (Å²) in [6.07, 6.45) is 4.80. The van der Waals surface area contributed by atoms with Crippen LogP contribution in [0.3, 0.4) is 0 Å². The van der Waals surface area contributed by atoms with E-state index in [2.05, 4.69) is 15.9 Å². The first-order chi connectivity index (χ1) is 7.68. The van der Waals surface area contributed by atoms with Crippen molar-refractivity contribution in [3.05, 3.63) is 34.3 Å². The van der Waals surface area contributed by atoms with Gasteiger partial charge in [-0.25, -0.2) is 0 Å². The van der Waals surface area contributed by atoms with Crippen LogP contribution in [0.2, 0.25) is 0 Å². The number of halogens is 1. The van der Waals surface area contributed by atoms with Gasteiger partial charge in [0.1, 0.15) is 0 Å². The largest absolute Gasteiger partial charge is 0.339 e. The molecule has 1 aromatic carbocycles. The Balaban J connectivity index is 2.12. The molecule has 1 fully saturated rings. The predicted octanol–water partition coefficient (Wildman–Crippen LogP) is 3.46. The summed E-state index contributed by atoms with van der Waals surface area (Å²) in [7, 11) is 1.92. The lowest BCUT2D eigenvalue weighted by molar-refractivity contribution is 0.0735. The fourth-order valence-electron chi connectivity index (χ4n) is 2.28. The Morgan fingerprint density at radius 2 is 2.06 bits per heavy atom. The van der Waals surface area contributed by atoms with Crippen LogP contribution in [0.25, 0.3) is 0 Å². The van der Waals surface area contributed by atoms with Crippen LogP contribution in [0.5, 0.6) is 0 Å². The van der Waals surface area contributed by atoms with Crippen LogP contribution in [-0.4, -0.2) is 23.9 Å². The van der Waals surface area contributed by atoms with Crippen molar-refractivity contribution in [2.75, 3.05) is 7.05 Å². The molecule has 0 unspecified atom stereocenters. The first kappa shape index (κ1) is 11.6. The molecule has 3 heteroatoms. The second-order valence-electron chi connectivity index (χ2n) is 4.36. The summed E-state index contributed by atoms with van der Waals surface area (Å²) < 4.78 is 0.957. The summed E-state index contributed by atoms with van der Waals surface area (Å²) in [6.45, 7) is 0. The van der Waals surface area contributed by atoms with Crippen molar-refractivity contribution < 1.29 is 4.79 Å². The number of carbonyl (C=O) groups excluding carboxylic acids is 1. The lowest BCUT2D eigenvalue weighted by Crippen LogP contribution is -2.35. The summed E-state index contributed by atoms with van der Waals surface area (Å²) in [6, 6.07) is 8.03. The third kappa shape index (κ3) is 2.46. The van der Waals surface area contributed by atoms with Gasteiger partial charge in [0.05, 0.1) is 0 Å². The Labute approximate surface area is 105 Å². The van der Waals surface area contributed by atoms with Crippen LogP contribution in [-0.2, 0) is 0 Å². The van der Waals surface area contributed by atoms with Crippen molar-refractivity contribution >= 4 is 21.8 Å². The average Bonchev–Trinajstić information content (AvgIpc) is 2.80. The number of rotatable bonds is 2. The smallest absolute Gasteiger partial charge is 0.253 e. The molecule has 1 aliphatic carbocycles. The normalized spacial score (nSPS) is 16.4. The molecular weight excluding hydrogens is 266 g/mol. The maximum atomic E-state index is 12.2. The van der Waals surface area contributed by atoms with E-state index in [0.717, 1.165) is 22.9 Å². The van der Waals surface area contributed by atoms with Gasteiger partial charge in [-0.1, -0.05) is 34.8 Å². The van der Waals surface area contributed by atoms with E-state index < -0.39 is 0 Å². The third-order valence-corrected chi connectivity index (χ3v) is 3.76. The minimum atomic E-state index is 0.133. The van der Waals surface area contributed by atoms with Gasteiger partial charge in [-0.3, -0.25) is 4.79 Å². The van der Waals surface area contributed by atoms with Gasteiger partial charge in [-0.15, -0.1) is 0 Å². The molecule has 0 heterocycles. The van der Waals surface area contributed by atoms with Crippen molar-refractivity contribution in [3.8, 4) is 0 Å². The van der Waals surface area contributed by atoms with Crippen LogP contribution in [0, 0.1) is 0 Å². The van der Waals surface area contributed by atoms with Gasteiger partial charge in [-0.05, 0) is 31.0 Å². The second kappa shape index (κ2) is 5.00. The van der Waals surface area contributed by atoms with E-state index in [1.54, 1.807) is 0 Å². The standard InChI is InChI=1S/C13H16BrNO/c1-15(12-7-2-3-8-12)13(16)10-5-4-6-11(14)9-10/h4-6,9,12H,2-3,7-8H2,1H3. The van der Waals surface area contributed by atoms with Gasteiger partial charge < -0.3 is 4.90 Å². The van der Waals surface area contributed by atoms with Gasteiger partial charge in [0.25, 0.3) is 5.91 Å². The zero-order valence-corrected chi connectivity index (χ0v) is 11.0. The number of hydrogen-bond acceptors (Lipinski definition) is 1. The highest BCUT2D eigenvalue weighted by Crippen LogP contribution is 2.24. The highest BCUT2D eigenvalue weighted by molar-refractivity contribution is 9.10. The molecule has 0 N–H and O–H groups in total. The lowest BCUT2D eigenvalue weighted by Gasteiger charge is -2.24. The molecule has 0 saturated heterocycles. The zero-order chi connectivity index (χ0) is 11.5. The van der Waals surface area contributed by atoms with Gasteiger partial charge >= 0.3 is 0 Å². The summed E-state index contributed by atoms with van der Waals surface area (Å²) in [5.74, 6) is 0.133. The molecule has 0 atom stereocenters. The fourth-order valence-corrected chi connectivity index (χ4v) is 2.68. The molecule has 0 spiro atoms. The van der Waals surface area contributed by atoms with Crippen LogP contribution in [0.4, 0.5) is 0 Å². The van der Waals surface area contributed by atoms with Crippen molar-refractivity contribution in [2.45, 2.75) is 31.7 Å². The molecule has 0 bridgehead atoms. The van der Waals surface area contributed by atoms with Crippen LogP contribution < -0.4 is 0 Å². The molecule has 0 aromatic heterocycles. The second-order valence-corrected chi connectivity index (χ2v) is 5.28. The predicted molar refractivity (Wildman–Crippen MR) is 68.5 cm³/mol. The molecule has 1 aromatic rings. The third-order valence-electron chi connectivity index (χ3n) is 3.26. The quantitative estimate of drug-likeness (QED) is 0.813. The van der Waals surface area contributed by atoms with Crippen molar-refractivity contribution in [1.82, 2.24) is 4.90 Å². The van der Waals surface area contributed by atoms with E-state index in [0.29, 0.717) is 6.04 Å². The van der Waals surface area contributed by atoms with Crippen molar-refractivity contribution in [1.29, 1.82) is 0 Å².